The summed E-state index contributed by atoms with van der Waals surface area (Å²) in [5.74, 6) is -3.26. The second-order valence-electron chi connectivity index (χ2n) is 18.8. The molecule has 0 aromatic heterocycles. The van der Waals surface area contributed by atoms with Gasteiger partial charge in [0.2, 0.25) is 0 Å². The first kappa shape index (κ1) is 66.7. The van der Waals surface area contributed by atoms with Crippen molar-refractivity contribution in [1.29, 1.82) is 0 Å². The van der Waals surface area contributed by atoms with E-state index < -0.39 is 67.3 Å². The van der Waals surface area contributed by atoms with Crippen LogP contribution in [0, 0.1) is 0 Å². The molecule has 1 heterocycles. The van der Waals surface area contributed by atoms with Gasteiger partial charge in [0.15, 0.2) is 24.6 Å². The highest BCUT2D eigenvalue weighted by atomic mass is 16.7. The summed E-state index contributed by atoms with van der Waals surface area (Å²) >= 11 is 0. The lowest BCUT2D eigenvalue weighted by molar-refractivity contribution is -0.301. The summed E-state index contributed by atoms with van der Waals surface area (Å²) in [6.45, 7) is 5.69. The fraction of sp³-hybridized carbons (Fsp3) is 0.672. The van der Waals surface area contributed by atoms with Gasteiger partial charge in [-0.3, -0.25) is 14.4 Å². The molecule has 0 aromatic rings. The number of rotatable bonds is 46. The van der Waals surface area contributed by atoms with Gasteiger partial charge in [-0.05, 0) is 83.5 Å². The summed E-state index contributed by atoms with van der Waals surface area (Å²) in [4.78, 5) is 51.0. The number of esters is 3. The van der Waals surface area contributed by atoms with Crippen molar-refractivity contribution < 1.29 is 58.2 Å². The number of aliphatic hydroxyl groups excluding tert-OH is 2. The second-order valence-corrected chi connectivity index (χ2v) is 18.8. The Bertz CT molecular complexity index is 1640. The van der Waals surface area contributed by atoms with Crippen LogP contribution in [0.5, 0.6) is 0 Å². The summed E-state index contributed by atoms with van der Waals surface area (Å²) in [7, 11) is 0. The van der Waals surface area contributed by atoms with Crippen LogP contribution in [0.2, 0.25) is 0 Å². The van der Waals surface area contributed by atoms with E-state index in [1.807, 2.05) is 18.2 Å². The zero-order valence-electron chi connectivity index (χ0n) is 45.3. The molecule has 1 saturated heterocycles. The summed E-state index contributed by atoms with van der Waals surface area (Å²) in [6, 6.07) is 0. The number of aliphatic carboxylic acids is 1. The second kappa shape index (κ2) is 48.6. The van der Waals surface area contributed by atoms with E-state index in [1.165, 1.54) is 57.8 Å². The zero-order valence-corrected chi connectivity index (χ0v) is 45.3. The number of carbonyl (C=O) groups is 4. The average molecular weight is 1020 g/mol. The van der Waals surface area contributed by atoms with Gasteiger partial charge in [0.1, 0.15) is 18.8 Å². The van der Waals surface area contributed by atoms with Crippen molar-refractivity contribution in [2.24, 2.45) is 0 Å². The van der Waals surface area contributed by atoms with Crippen LogP contribution in [0.3, 0.4) is 0 Å². The smallest absolute Gasteiger partial charge is 0.335 e. The highest BCUT2D eigenvalue weighted by Gasteiger charge is 2.50. The monoisotopic (exact) mass is 1020 g/mol. The molecule has 0 spiro atoms. The Morgan fingerprint density at radius 2 is 0.890 bits per heavy atom. The van der Waals surface area contributed by atoms with Gasteiger partial charge in [-0.1, -0.05) is 208 Å². The molecule has 0 saturated carbocycles. The minimum absolute atomic E-state index is 0.0662. The Balaban J connectivity index is 2.76. The Kier molecular flexibility index (Phi) is 44.4. The van der Waals surface area contributed by atoms with Crippen molar-refractivity contribution in [3.8, 4) is 0 Å². The fourth-order valence-corrected chi connectivity index (χ4v) is 7.90. The van der Waals surface area contributed by atoms with Crippen molar-refractivity contribution in [2.75, 3.05) is 13.2 Å². The molecule has 6 unspecified atom stereocenters. The molecule has 73 heavy (non-hydrogen) atoms. The van der Waals surface area contributed by atoms with Crippen LogP contribution in [0.1, 0.15) is 213 Å². The number of hydrogen-bond acceptors (Lipinski definition) is 11. The van der Waals surface area contributed by atoms with Crippen LogP contribution in [0.15, 0.2) is 97.2 Å². The number of allylic oxidation sites excluding steroid dienone is 16. The van der Waals surface area contributed by atoms with Gasteiger partial charge < -0.3 is 39.0 Å². The molecule has 1 fully saturated rings. The van der Waals surface area contributed by atoms with Gasteiger partial charge in [0, 0.05) is 19.3 Å². The van der Waals surface area contributed by atoms with Crippen LogP contribution in [0.25, 0.3) is 0 Å². The first-order valence-corrected chi connectivity index (χ1v) is 28.2. The van der Waals surface area contributed by atoms with Crippen LogP contribution in [-0.2, 0) is 42.9 Å². The normalized spacial score (nSPS) is 19.1. The Morgan fingerprint density at radius 1 is 0.466 bits per heavy atom. The third kappa shape index (κ3) is 38.8. The topological polar surface area (TPSA) is 175 Å². The van der Waals surface area contributed by atoms with Gasteiger partial charge in [-0.2, -0.15) is 0 Å². The Labute approximate surface area is 441 Å². The standard InChI is InChI=1S/C61H98O12/c1-4-7-10-13-16-19-22-25-26-27-28-31-32-35-38-41-44-47-53(62)69-50-52(71-54(63)48-45-42-39-36-33-29-23-20-17-14-11-8-5-2)51-70-61-59(57(66)56(65)58(73-61)60(67)68)72-55(64)49-46-43-40-37-34-30-24-21-18-15-12-9-6-3/h7,9-10,12,16,18-19,21,25-26,28,30-31,34,40,43,52,56-59,61,65-66H,4-6,8,11,13-15,17,20,22-24,27,29,32-33,35-39,41-42,44-51H2,1-3H3,(H,67,68)/b10-7-,12-9-,19-16-,21-18-,26-25-,31-28-,34-30-,43-40-. The molecule has 12 heteroatoms. The molecule has 0 aliphatic carbocycles. The molecule has 3 N–H and O–H groups in total. The molecular weight excluding hydrogens is 925 g/mol. The van der Waals surface area contributed by atoms with Gasteiger partial charge in [-0.25, -0.2) is 4.79 Å². The lowest BCUT2D eigenvalue weighted by Gasteiger charge is -2.40. The summed E-state index contributed by atoms with van der Waals surface area (Å²) < 4.78 is 28.3. The van der Waals surface area contributed by atoms with Crippen molar-refractivity contribution >= 4 is 23.9 Å². The van der Waals surface area contributed by atoms with Gasteiger partial charge in [0.25, 0.3) is 0 Å². The van der Waals surface area contributed by atoms with E-state index in [2.05, 4.69) is 99.8 Å². The highest BCUT2D eigenvalue weighted by Crippen LogP contribution is 2.26. The largest absolute Gasteiger partial charge is 0.479 e. The van der Waals surface area contributed by atoms with Gasteiger partial charge in [-0.15, -0.1) is 0 Å². The lowest BCUT2D eigenvalue weighted by atomic mass is 9.98. The SMILES string of the molecule is CC/C=C\C/C=C\C/C=C\C/C=C\CCCCCCC(=O)OCC(COC1OC(C(=O)O)C(O)C(O)C1OC(=O)CC/C=C\C/C=C\C/C=C\C/C=C\CC)OC(=O)CCCCCCCCCCCCCCC. The third-order valence-corrected chi connectivity index (χ3v) is 12.2. The minimum atomic E-state index is -1.93. The van der Waals surface area contributed by atoms with Crippen LogP contribution < -0.4 is 0 Å². The Hall–Kier alpha value is -4.36. The molecule has 1 aliphatic heterocycles. The van der Waals surface area contributed by atoms with E-state index in [0.717, 1.165) is 89.9 Å². The zero-order chi connectivity index (χ0) is 53.3. The van der Waals surface area contributed by atoms with E-state index in [0.29, 0.717) is 25.7 Å². The molecule has 0 bridgehead atoms. The minimum Gasteiger partial charge on any atom is -0.479 e. The maximum atomic E-state index is 13.1. The number of carboxylic acids is 1. The number of carboxylic acid groups (broad SMARTS) is 1. The van der Waals surface area contributed by atoms with Gasteiger partial charge >= 0.3 is 23.9 Å². The number of hydrogen-bond donors (Lipinski definition) is 3. The average Bonchev–Trinajstić information content (AvgIpc) is 3.37. The quantitative estimate of drug-likeness (QED) is 0.0228. The maximum Gasteiger partial charge on any atom is 0.335 e. The van der Waals surface area contributed by atoms with Crippen LogP contribution in [0.4, 0.5) is 0 Å². The first-order chi connectivity index (χ1) is 35.6. The van der Waals surface area contributed by atoms with Gasteiger partial charge in [0.05, 0.1) is 6.61 Å². The van der Waals surface area contributed by atoms with E-state index in [4.69, 9.17) is 23.7 Å². The van der Waals surface area contributed by atoms with Crippen molar-refractivity contribution in [3.05, 3.63) is 97.2 Å². The molecule has 0 aromatic carbocycles. The molecule has 12 nitrogen and oxygen atoms in total. The third-order valence-electron chi connectivity index (χ3n) is 12.2. The summed E-state index contributed by atoms with van der Waals surface area (Å²) in [5.41, 5.74) is 0. The highest BCUT2D eigenvalue weighted by molar-refractivity contribution is 5.74. The Morgan fingerprint density at radius 3 is 1.37 bits per heavy atom. The van der Waals surface area contributed by atoms with E-state index in [-0.39, 0.29) is 25.9 Å². The predicted octanol–water partition coefficient (Wildman–Crippen LogP) is 14.1. The first-order valence-electron chi connectivity index (χ1n) is 28.2. The number of ether oxygens (including phenoxy) is 5. The lowest BCUT2D eigenvalue weighted by Crippen LogP contribution is -2.61. The van der Waals surface area contributed by atoms with E-state index in [9.17, 15) is 34.5 Å². The number of unbranched alkanes of at least 4 members (excludes halogenated alkanes) is 16. The maximum absolute atomic E-state index is 13.1. The molecule has 1 rings (SSSR count). The number of aliphatic hydroxyl groups is 2. The molecule has 1 aliphatic rings. The van der Waals surface area contributed by atoms with Crippen molar-refractivity contribution in [1.82, 2.24) is 0 Å². The van der Waals surface area contributed by atoms with Crippen LogP contribution >= 0.6 is 0 Å². The molecule has 6 atom stereocenters. The molecule has 414 valence electrons. The summed E-state index contributed by atoms with van der Waals surface area (Å²) in [6.07, 6.45) is 51.1. The molecule has 0 radical (unpaired) electrons. The van der Waals surface area contributed by atoms with Crippen molar-refractivity contribution in [2.45, 2.75) is 250 Å². The predicted molar refractivity (Wildman–Crippen MR) is 294 cm³/mol. The van der Waals surface area contributed by atoms with E-state index in [1.54, 1.807) is 0 Å². The van der Waals surface area contributed by atoms with E-state index >= 15 is 0 Å². The molecule has 0 amide bonds. The van der Waals surface area contributed by atoms with Crippen LogP contribution in [-0.4, -0.2) is 89.2 Å². The number of carbonyl (C=O) groups excluding carboxylic acids is 3. The van der Waals surface area contributed by atoms with Crippen molar-refractivity contribution in [3.63, 3.8) is 0 Å². The molecular formula is C61H98O12. The summed E-state index contributed by atoms with van der Waals surface area (Å²) in [5, 5.41) is 31.4. The fourth-order valence-electron chi connectivity index (χ4n) is 7.90.